The second kappa shape index (κ2) is 14.4. The summed E-state index contributed by atoms with van der Waals surface area (Å²) < 4.78 is 39.8. The van der Waals surface area contributed by atoms with Crippen molar-refractivity contribution in [2.24, 2.45) is 17.2 Å². The van der Waals surface area contributed by atoms with Gasteiger partial charge in [0.15, 0.2) is 0 Å². The monoisotopic (exact) mass is 574 g/mol. The van der Waals surface area contributed by atoms with Crippen LogP contribution in [0.5, 0.6) is 0 Å². The van der Waals surface area contributed by atoms with Gasteiger partial charge < -0.3 is 32.3 Å². The molecule has 0 saturated heterocycles. The van der Waals surface area contributed by atoms with Crippen molar-refractivity contribution >= 4 is 28.4 Å². The fourth-order valence-corrected chi connectivity index (χ4v) is 4.71. The molecule has 3 aromatic rings. The molecule has 2 atom stereocenters. The van der Waals surface area contributed by atoms with Gasteiger partial charge in [0, 0.05) is 24.9 Å². The molecule has 222 valence electrons. The van der Waals surface area contributed by atoms with Crippen molar-refractivity contribution in [1.82, 2.24) is 10.3 Å². The van der Waals surface area contributed by atoms with Crippen molar-refractivity contribution < 1.29 is 27.2 Å². The highest BCUT2D eigenvalue weighted by molar-refractivity contribution is 5.99. The Labute approximate surface area is 237 Å². The lowest BCUT2D eigenvalue weighted by Crippen LogP contribution is -2.52. The fraction of sp³-hybridized carbons (Fsp3) is 0.414. The number of rotatable bonds is 14. The minimum Gasteiger partial charge on any atom is -0.343 e. The van der Waals surface area contributed by atoms with Gasteiger partial charge in [-0.15, -0.1) is 0 Å². The van der Waals surface area contributed by atoms with Gasteiger partial charge >= 0.3 is 6.18 Å². The van der Waals surface area contributed by atoms with Crippen LogP contribution in [0.25, 0.3) is 10.9 Å². The molecule has 0 unspecified atom stereocenters. The van der Waals surface area contributed by atoms with Crippen LogP contribution in [0.3, 0.4) is 0 Å². The first-order valence-corrected chi connectivity index (χ1v) is 13.6. The molecule has 2 amide bonds. The van der Waals surface area contributed by atoms with Crippen LogP contribution in [0.4, 0.5) is 18.9 Å². The van der Waals surface area contributed by atoms with E-state index in [-0.39, 0.29) is 6.42 Å². The van der Waals surface area contributed by atoms with Gasteiger partial charge in [0.1, 0.15) is 6.04 Å². The van der Waals surface area contributed by atoms with E-state index in [9.17, 15) is 22.8 Å². The zero-order chi connectivity index (χ0) is 30.0. The summed E-state index contributed by atoms with van der Waals surface area (Å²) in [5.74, 6) is -1.07. The molecule has 1 aromatic heterocycles. The Morgan fingerprint density at radius 3 is 2.27 bits per heavy atom. The van der Waals surface area contributed by atoms with Crippen LogP contribution in [-0.4, -0.2) is 73.1 Å². The summed E-state index contributed by atoms with van der Waals surface area (Å²) in [5, 5.41) is 6.27. The number of para-hydroxylation sites is 1. The van der Waals surface area contributed by atoms with Crippen molar-refractivity contribution in [3.8, 4) is 0 Å². The van der Waals surface area contributed by atoms with E-state index in [0.29, 0.717) is 41.7 Å². The topological polar surface area (TPSA) is 149 Å². The molecule has 12 heteroatoms. The molecule has 1 heterocycles. The van der Waals surface area contributed by atoms with Crippen LogP contribution >= 0.6 is 0 Å². The van der Waals surface area contributed by atoms with Crippen molar-refractivity contribution in [1.29, 1.82) is 0 Å². The molecule has 0 spiro atoms. The normalized spacial score (nSPS) is 13.5. The number of halogens is 3. The van der Waals surface area contributed by atoms with Gasteiger partial charge in [-0.05, 0) is 42.7 Å². The number of aromatic nitrogens is 1. The third-order valence-electron chi connectivity index (χ3n) is 7.10. The number of nitrogens with zero attached hydrogens (tertiary/aromatic N) is 2. The van der Waals surface area contributed by atoms with Crippen LogP contribution in [0.15, 0.2) is 60.8 Å². The number of hydrogen-bond donors (Lipinski definition) is 5. The van der Waals surface area contributed by atoms with Crippen LogP contribution in [0, 0.1) is 0 Å². The first-order chi connectivity index (χ1) is 19.4. The molecule has 0 radical (unpaired) electrons. The van der Waals surface area contributed by atoms with E-state index < -0.39 is 35.6 Å². The number of benzene rings is 2. The van der Waals surface area contributed by atoms with E-state index in [1.807, 2.05) is 24.3 Å². The number of carbonyl (C=O) groups excluding carboxylic acids is 2. The molecule has 2 aromatic carbocycles. The summed E-state index contributed by atoms with van der Waals surface area (Å²) in [4.78, 5) is 30.7. The van der Waals surface area contributed by atoms with Crippen LogP contribution < -0.4 is 27.8 Å². The van der Waals surface area contributed by atoms with E-state index in [4.69, 9.17) is 17.2 Å². The predicted octanol–water partition coefficient (Wildman–Crippen LogP) is 2.39. The van der Waals surface area contributed by atoms with Crippen molar-refractivity contribution in [2.45, 2.75) is 37.5 Å². The van der Waals surface area contributed by atoms with E-state index in [2.05, 4.69) is 22.7 Å². The molecule has 0 aliphatic carbocycles. The minimum absolute atomic E-state index is 0.0363. The number of anilines is 1. The number of nitrogens with two attached hydrogens (primary N) is 3. The van der Waals surface area contributed by atoms with E-state index >= 15 is 0 Å². The van der Waals surface area contributed by atoms with Crippen molar-refractivity contribution in [2.75, 3.05) is 45.1 Å². The Bertz CT molecular complexity index is 1300. The van der Waals surface area contributed by atoms with Gasteiger partial charge in [0.25, 0.3) is 0 Å². The number of likely N-dealkylation sites (N-methyl/N-ethyl adjacent to an activating group) is 1. The number of carbonyl (C=O) groups is 2. The summed E-state index contributed by atoms with van der Waals surface area (Å²) in [6, 6.07) is 11.6. The van der Waals surface area contributed by atoms with Crippen LogP contribution in [0.1, 0.15) is 24.0 Å². The Morgan fingerprint density at radius 1 is 0.976 bits per heavy atom. The molecule has 0 aliphatic heterocycles. The van der Waals surface area contributed by atoms with E-state index in [1.165, 1.54) is 18.3 Å². The molecular weight excluding hydrogens is 535 g/mol. The largest absolute Gasteiger partial charge is 0.416 e. The molecule has 8 N–H and O–H groups in total. The average Bonchev–Trinajstić information content (AvgIpc) is 2.92. The number of hydrogen-bond acceptors (Lipinski definition) is 6. The number of alkyl halides is 3. The summed E-state index contributed by atoms with van der Waals surface area (Å²) in [6.45, 7) is 3.25. The third kappa shape index (κ3) is 9.49. The lowest BCUT2D eigenvalue weighted by Gasteiger charge is -2.34. The highest BCUT2D eigenvalue weighted by Crippen LogP contribution is 2.29. The Hall–Kier alpha value is -3.58. The molecule has 0 aliphatic rings. The van der Waals surface area contributed by atoms with E-state index in [1.54, 1.807) is 6.07 Å². The maximum Gasteiger partial charge on any atom is 0.416 e. The Balaban J connectivity index is 1.72. The standard InChI is InChI=1S/C29H38F3N7O2/c1-39(15-12-33,16-13-34)14-4-6-24(35)27(40)38-26(17-20-8-10-22(11-9-20)29(30,31)32)28(41)37-23-18-21-5-2-3-7-25(21)36-19-23/h2-3,5,7-11,18-19,24,26H,4,6,12-17,33-35H2,1H3,(H-,37,38,40,41)/p+1/t24-,26-/m0/s1. The maximum atomic E-state index is 13.3. The SMILES string of the molecule is C[N+](CCN)(CCN)CCC[C@H](N)C(=O)N[C@@H](Cc1ccc(C(F)(F)F)cc1)C(=O)Nc1cnc2ccccc2c1. The van der Waals surface area contributed by atoms with Gasteiger partial charge in [-0.2, -0.15) is 13.2 Å². The molecule has 0 fully saturated rings. The molecule has 41 heavy (non-hydrogen) atoms. The van der Waals surface area contributed by atoms with Crippen molar-refractivity contribution in [3.63, 3.8) is 0 Å². The van der Waals surface area contributed by atoms with Crippen LogP contribution in [-0.2, 0) is 22.2 Å². The van der Waals surface area contributed by atoms with Gasteiger partial charge in [-0.25, -0.2) is 0 Å². The van der Waals surface area contributed by atoms with Crippen molar-refractivity contribution in [3.05, 3.63) is 71.9 Å². The summed E-state index contributed by atoms with van der Waals surface area (Å²) in [5.41, 5.74) is 18.5. The molecule has 0 saturated carbocycles. The molecular formula is C29H39F3N7O2+. The smallest absolute Gasteiger partial charge is 0.343 e. The Morgan fingerprint density at radius 2 is 1.63 bits per heavy atom. The van der Waals surface area contributed by atoms with Gasteiger partial charge in [-0.3, -0.25) is 14.6 Å². The molecule has 9 nitrogen and oxygen atoms in total. The quantitative estimate of drug-likeness (QED) is 0.187. The number of amides is 2. The first-order valence-electron chi connectivity index (χ1n) is 13.6. The zero-order valence-corrected chi connectivity index (χ0v) is 23.2. The van der Waals surface area contributed by atoms with Gasteiger partial charge in [0.05, 0.1) is 55.7 Å². The minimum atomic E-state index is -4.48. The number of fused-ring (bicyclic) bond motifs is 1. The third-order valence-corrected chi connectivity index (χ3v) is 7.10. The highest BCUT2D eigenvalue weighted by atomic mass is 19.4. The fourth-order valence-electron chi connectivity index (χ4n) is 4.71. The second-order valence-electron chi connectivity index (χ2n) is 10.5. The molecule has 0 bridgehead atoms. The predicted molar refractivity (Wildman–Crippen MR) is 154 cm³/mol. The second-order valence-corrected chi connectivity index (χ2v) is 10.5. The van der Waals surface area contributed by atoms with E-state index in [0.717, 1.165) is 42.7 Å². The lowest BCUT2D eigenvalue weighted by atomic mass is 10.0. The maximum absolute atomic E-state index is 13.3. The van der Waals surface area contributed by atoms with Crippen LogP contribution in [0.2, 0.25) is 0 Å². The average molecular weight is 575 g/mol. The number of quaternary nitrogens is 1. The zero-order valence-electron chi connectivity index (χ0n) is 23.2. The lowest BCUT2D eigenvalue weighted by molar-refractivity contribution is -0.907. The summed E-state index contributed by atoms with van der Waals surface area (Å²) in [7, 11) is 2.05. The Kier molecular flexibility index (Phi) is 11.2. The first kappa shape index (κ1) is 31.9. The summed E-state index contributed by atoms with van der Waals surface area (Å²) >= 11 is 0. The van der Waals surface area contributed by atoms with Gasteiger partial charge in [0.2, 0.25) is 11.8 Å². The highest BCUT2D eigenvalue weighted by Gasteiger charge is 2.31. The number of pyridine rings is 1. The molecule has 3 rings (SSSR count). The van der Waals surface area contributed by atoms with Gasteiger partial charge in [-0.1, -0.05) is 30.3 Å². The summed E-state index contributed by atoms with van der Waals surface area (Å²) in [6.07, 6.45) is -2.00. The number of nitrogens with one attached hydrogen (secondary N) is 2.